The zero-order valence-corrected chi connectivity index (χ0v) is 18.1. The van der Waals surface area contributed by atoms with Crippen molar-refractivity contribution in [3.63, 3.8) is 0 Å². The summed E-state index contributed by atoms with van der Waals surface area (Å²) >= 11 is 5.60. The first kappa shape index (κ1) is 21.8. The van der Waals surface area contributed by atoms with E-state index in [0.717, 1.165) is 28.8 Å². The third-order valence-corrected chi connectivity index (χ3v) is 5.33. The molecule has 0 fully saturated rings. The van der Waals surface area contributed by atoms with Gasteiger partial charge in [0.15, 0.2) is 5.11 Å². The number of nitrogens with zero attached hydrogens (tertiary/aromatic N) is 1. The van der Waals surface area contributed by atoms with Crippen LogP contribution in [0.4, 0.5) is 5.69 Å². The fourth-order valence-corrected chi connectivity index (χ4v) is 3.51. The summed E-state index contributed by atoms with van der Waals surface area (Å²) in [4.78, 5) is 17.5. The summed E-state index contributed by atoms with van der Waals surface area (Å²) in [7, 11) is 1.62. The number of anilines is 1. The Hall–Kier alpha value is -2.90. The number of methoxy groups -OCH3 is 1. The van der Waals surface area contributed by atoms with E-state index in [2.05, 4.69) is 23.3 Å². The van der Waals surface area contributed by atoms with Crippen LogP contribution < -0.4 is 15.6 Å². The van der Waals surface area contributed by atoms with Gasteiger partial charge in [0.05, 0.1) is 13.7 Å². The van der Waals surface area contributed by atoms with Crippen LogP contribution in [-0.4, -0.2) is 40.4 Å². The van der Waals surface area contributed by atoms with Crippen molar-refractivity contribution in [3.05, 3.63) is 70.0 Å². The lowest BCUT2D eigenvalue weighted by Gasteiger charge is -2.25. The van der Waals surface area contributed by atoms with Gasteiger partial charge in [0, 0.05) is 29.9 Å². The van der Waals surface area contributed by atoms with Crippen molar-refractivity contribution in [1.29, 1.82) is 0 Å². The number of fused-ring (bicyclic) bond motifs is 1. The number of benzene rings is 2. The highest BCUT2D eigenvalue weighted by Crippen LogP contribution is 2.18. The van der Waals surface area contributed by atoms with Crippen molar-refractivity contribution in [2.24, 2.45) is 0 Å². The average molecular weight is 426 g/mol. The zero-order valence-electron chi connectivity index (χ0n) is 17.3. The van der Waals surface area contributed by atoms with E-state index in [4.69, 9.17) is 17.0 Å². The normalized spacial score (nSPS) is 10.8. The van der Waals surface area contributed by atoms with Crippen molar-refractivity contribution < 1.29 is 9.84 Å². The predicted molar refractivity (Wildman–Crippen MR) is 125 cm³/mol. The van der Waals surface area contributed by atoms with Gasteiger partial charge in [-0.05, 0) is 78.5 Å². The molecule has 0 saturated heterocycles. The van der Waals surface area contributed by atoms with E-state index in [0.29, 0.717) is 30.2 Å². The molecular weight excluding hydrogens is 398 g/mol. The SMILES string of the molecule is CCc1ccc2[nH]c(=O)c(CN(CCCO)C(=S)Nc3ccc(OC)cc3)cc2c1. The topological polar surface area (TPSA) is 77.6 Å². The van der Waals surface area contributed by atoms with Crippen molar-refractivity contribution in [2.45, 2.75) is 26.3 Å². The first-order chi connectivity index (χ1) is 14.5. The van der Waals surface area contributed by atoms with Gasteiger partial charge in [-0.15, -0.1) is 0 Å². The lowest BCUT2D eigenvalue weighted by Crippen LogP contribution is -2.37. The maximum Gasteiger partial charge on any atom is 0.253 e. The van der Waals surface area contributed by atoms with Crippen molar-refractivity contribution >= 4 is 33.9 Å². The summed E-state index contributed by atoms with van der Waals surface area (Å²) in [5.41, 5.74) is 3.37. The number of thiocarbonyl (C=S) groups is 1. The second-order valence-corrected chi connectivity index (χ2v) is 7.44. The molecule has 3 N–H and O–H groups in total. The van der Waals surface area contributed by atoms with Crippen molar-refractivity contribution in [3.8, 4) is 5.75 Å². The molecule has 0 atom stereocenters. The number of aromatic nitrogens is 1. The van der Waals surface area contributed by atoms with Crippen LogP contribution in [0, 0.1) is 0 Å². The molecule has 1 heterocycles. The molecule has 0 bridgehead atoms. The predicted octanol–water partition coefficient (Wildman–Crippen LogP) is 3.68. The van der Waals surface area contributed by atoms with E-state index in [-0.39, 0.29) is 12.2 Å². The highest BCUT2D eigenvalue weighted by molar-refractivity contribution is 7.80. The summed E-state index contributed by atoms with van der Waals surface area (Å²) in [6.45, 7) is 3.04. The quantitative estimate of drug-likeness (QED) is 0.478. The molecule has 1 aromatic heterocycles. The molecule has 0 amide bonds. The lowest BCUT2D eigenvalue weighted by atomic mass is 10.1. The number of ether oxygens (including phenoxy) is 1. The smallest absolute Gasteiger partial charge is 0.253 e. The molecule has 0 unspecified atom stereocenters. The Morgan fingerprint density at radius 1 is 1.20 bits per heavy atom. The molecule has 30 heavy (non-hydrogen) atoms. The molecule has 0 aliphatic heterocycles. The Labute approximate surface area is 181 Å². The lowest BCUT2D eigenvalue weighted by molar-refractivity contribution is 0.266. The van der Waals surface area contributed by atoms with Crippen molar-refractivity contribution in [2.75, 3.05) is 25.6 Å². The molecule has 0 aliphatic carbocycles. The van der Waals surface area contributed by atoms with Crippen LogP contribution >= 0.6 is 12.2 Å². The van der Waals surface area contributed by atoms with Gasteiger partial charge in [0.25, 0.3) is 5.56 Å². The minimum Gasteiger partial charge on any atom is -0.497 e. The van der Waals surface area contributed by atoms with Gasteiger partial charge in [-0.1, -0.05) is 13.0 Å². The third kappa shape index (κ3) is 5.37. The zero-order chi connectivity index (χ0) is 21.5. The summed E-state index contributed by atoms with van der Waals surface area (Å²) in [6, 6.07) is 15.5. The summed E-state index contributed by atoms with van der Waals surface area (Å²) in [5.74, 6) is 0.762. The Bertz CT molecular complexity index is 1060. The van der Waals surface area contributed by atoms with E-state index >= 15 is 0 Å². The fourth-order valence-electron chi connectivity index (χ4n) is 3.24. The maximum absolute atomic E-state index is 12.6. The molecule has 7 heteroatoms. The number of rotatable bonds is 8. The van der Waals surface area contributed by atoms with Crippen LogP contribution in [0.15, 0.2) is 53.3 Å². The number of aliphatic hydroxyl groups is 1. The summed E-state index contributed by atoms with van der Waals surface area (Å²) in [5, 5.41) is 14.0. The van der Waals surface area contributed by atoms with Crippen LogP contribution in [-0.2, 0) is 13.0 Å². The van der Waals surface area contributed by atoms with Crippen LogP contribution in [0.25, 0.3) is 10.9 Å². The monoisotopic (exact) mass is 425 g/mol. The molecule has 2 aromatic carbocycles. The number of pyridine rings is 1. The molecule has 0 saturated carbocycles. The summed E-state index contributed by atoms with van der Waals surface area (Å²) < 4.78 is 5.18. The molecule has 0 aliphatic rings. The van der Waals surface area contributed by atoms with E-state index in [9.17, 15) is 9.90 Å². The number of aromatic amines is 1. The van der Waals surface area contributed by atoms with Gasteiger partial charge in [-0.2, -0.15) is 0 Å². The number of H-pyrrole nitrogens is 1. The highest BCUT2D eigenvalue weighted by Gasteiger charge is 2.14. The number of aryl methyl sites for hydroxylation is 1. The average Bonchev–Trinajstić information content (AvgIpc) is 2.77. The van der Waals surface area contributed by atoms with Gasteiger partial charge in [-0.3, -0.25) is 4.79 Å². The van der Waals surface area contributed by atoms with Crippen LogP contribution in [0.2, 0.25) is 0 Å². The van der Waals surface area contributed by atoms with E-state index in [1.807, 2.05) is 47.4 Å². The van der Waals surface area contributed by atoms with Crippen LogP contribution in [0.3, 0.4) is 0 Å². The first-order valence-corrected chi connectivity index (χ1v) is 10.4. The standard InChI is InChI=1S/C23H27N3O3S/c1-3-16-5-10-21-17(13-16)14-18(22(28)25-21)15-26(11-4-12-27)23(30)24-19-6-8-20(29-2)9-7-19/h5-10,13-14,27H,3-4,11-12,15H2,1-2H3,(H,24,30)(H,25,28). The highest BCUT2D eigenvalue weighted by atomic mass is 32.1. The van der Waals surface area contributed by atoms with E-state index < -0.39 is 0 Å². The number of aliphatic hydroxyl groups excluding tert-OH is 1. The summed E-state index contributed by atoms with van der Waals surface area (Å²) in [6.07, 6.45) is 1.48. The number of hydrogen-bond donors (Lipinski definition) is 3. The van der Waals surface area contributed by atoms with Crippen LogP contribution in [0.1, 0.15) is 24.5 Å². The van der Waals surface area contributed by atoms with Gasteiger partial charge < -0.3 is 25.0 Å². The minimum atomic E-state index is -0.131. The fraction of sp³-hybridized carbons (Fsp3) is 0.304. The maximum atomic E-state index is 12.6. The van der Waals surface area contributed by atoms with Gasteiger partial charge in [-0.25, -0.2) is 0 Å². The molecular formula is C23H27N3O3S. The molecule has 0 radical (unpaired) electrons. The molecule has 158 valence electrons. The van der Waals surface area contributed by atoms with Gasteiger partial charge in [0.1, 0.15) is 5.75 Å². The van der Waals surface area contributed by atoms with Crippen LogP contribution in [0.5, 0.6) is 5.75 Å². The third-order valence-electron chi connectivity index (χ3n) is 4.97. The minimum absolute atomic E-state index is 0.0512. The number of hydrogen-bond acceptors (Lipinski definition) is 4. The molecule has 3 rings (SSSR count). The Kier molecular flexibility index (Phi) is 7.43. The number of nitrogens with one attached hydrogen (secondary N) is 2. The largest absolute Gasteiger partial charge is 0.497 e. The van der Waals surface area contributed by atoms with Gasteiger partial charge >= 0.3 is 0 Å². The van der Waals surface area contributed by atoms with E-state index in [1.54, 1.807) is 7.11 Å². The second-order valence-electron chi connectivity index (χ2n) is 7.06. The molecule has 6 nitrogen and oxygen atoms in total. The Morgan fingerprint density at radius 3 is 2.63 bits per heavy atom. The van der Waals surface area contributed by atoms with Gasteiger partial charge in [0.2, 0.25) is 0 Å². The molecule has 3 aromatic rings. The molecule has 0 spiro atoms. The first-order valence-electron chi connectivity index (χ1n) is 9.99. The van der Waals surface area contributed by atoms with E-state index in [1.165, 1.54) is 5.56 Å². The Morgan fingerprint density at radius 2 is 1.97 bits per heavy atom. The van der Waals surface area contributed by atoms with Crippen molar-refractivity contribution in [1.82, 2.24) is 9.88 Å². The Balaban J connectivity index is 1.83. The second kappa shape index (κ2) is 10.2.